The molecule has 202 valence electrons. The molecule has 4 rings (SSSR count). The zero-order chi connectivity index (χ0) is 28.1. The van der Waals surface area contributed by atoms with Gasteiger partial charge in [0.2, 0.25) is 0 Å². The third-order valence-corrected chi connectivity index (χ3v) is 12.0. The molecule has 0 bridgehead atoms. The second-order valence-corrected chi connectivity index (χ2v) is 14.7. The zero-order valence-electron chi connectivity index (χ0n) is 24.4. The van der Waals surface area contributed by atoms with Crippen LogP contribution in [0.3, 0.4) is 0 Å². The highest BCUT2D eigenvalue weighted by Crippen LogP contribution is 2.18. The summed E-state index contributed by atoms with van der Waals surface area (Å²) in [5.41, 5.74) is 4.79. The van der Waals surface area contributed by atoms with Crippen molar-refractivity contribution in [1.82, 2.24) is 0 Å². The Kier molecular flexibility index (Phi) is 9.17. The lowest BCUT2D eigenvalue weighted by molar-refractivity contribution is 0.633. The maximum absolute atomic E-state index is 7.66. The quantitative estimate of drug-likeness (QED) is 0.282. The summed E-state index contributed by atoms with van der Waals surface area (Å²) in [5.74, 6) is 0. The molecular formula is C32H40N4OSi2. The zero-order valence-corrected chi connectivity index (χ0v) is 26.4. The highest BCUT2D eigenvalue weighted by molar-refractivity contribution is 6.93. The third kappa shape index (κ3) is 6.22. The number of nitrogens with zero attached hydrogens (tertiary/aromatic N) is 4. The average molecular weight is 553 g/mol. The predicted molar refractivity (Wildman–Crippen MR) is 174 cm³/mol. The number of para-hydroxylation sites is 4. The molecule has 0 amide bonds. The molecule has 0 aliphatic rings. The number of rotatable bonds is 10. The first-order valence-electron chi connectivity index (χ1n) is 13.2. The van der Waals surface area contributed by atoms with Crippen molar-refractivity contribution in [2.45, 2.75) is 0 Å². The van der Waals surface area contributed by atoms with Crippen LogP contribution in [0.1, 0.15) is 0 Å². The Bertz CT molecular complexity index is 1180. The minimum atomic E-state index is -1.70. The summed E-state index contributed by atoms with van der Waals surface area (Å²) in [6.07, 6.45) is 0. The molecule has 7 heteroatoms. The molecule has 2 radical (unpaired) electrons. The van der Waals surface area contributed by atoms with Crippen molar-refractivity contribution in [3.63, 3.8) is 0 Å². The summed E-state index contributed by atoms with van der Waals surface area (Å²) < 4.78 is 7.66. The van der Waals surface area contributed by atoms with Crippen LogP contribution in [-0.4, -0.2) is 74.5 Å². The molecule has 0 aliphatic carbocycles. The van der Waals surface area contributed by atoms with Crippen LogP contribution in [0.4, 0.5) is 22.7 Å². The lowest BCUT2D eigenvalue weighted by Gasteiger charge is -2.31. The Hall–Kier alpha value is -3.53. The van der Waals surface area contributed by atoms with E-state index in [0.717, 1.165) is 0 Å². The summed E-state index contributed by atoms with van der Waals surface area (Å²) in [6.45, 7) is 0. The lowest BCUT2D eigenvalue weighted by Crippen LogP contribution is -2.58. The predicted octanol–water partition coefficient (Wildman–Crippen LogP) is 2.88. The maximum Gasteiger partial charge on any atom is 0.276 e. The van der Waals surface area contributed by atoms with E-state index < -0.39 is 18.1 Å². The first-order valence-corrected chi connectivity index (χ1v) is 16.0. The maximum atomic E-state index is 7.66. The molecule has 0 saturated carbocycles. The van der Waals surface area contributed by atoms with Crippen molar-refractivity contribution in [1.29, 1.82) is 0 Å². The summed E-state index contributed by atoms with van der Waals surface area (Å²) >= 11 is 0. The van der Waals surface area contributed by atoms with Crippen molar-refractivity contribution in [2.75, 3.05) is 76.0 Å². The standard InChI is InChI=1S/C32H40N4OSi2/c1-33(2)25-17-9-13-21-29(25)38(30-22-14-10-18-26(30)34(3)4)37-39(31-23-15-11-19-27(31)35(5)6)32-24-16-12-20-28(32)36(7)8/h9-24H,1-8H3. The van der Waals surface area contributed by atoms with Crippen LogP contribution in [0.2, 0.25) is 0 Å². The minimum Gasteiger partial charge on any atom is -0.442 e. The molecule has 0 unspecified atom stereocenters. The van der Waals surface area contributed by atoms with Crippen molar-refractivity contribution >= 4 is 61.6 Å². The summed E-state index contributed by atoms with van der Waals surface area (Å²) in [6, 6.07) is 34.9. The molecule has 4 aromatic carbocycles. The fourth-order valence-corrected chi connectivity index (χ4v) is 11.1. The number of benzene rings is 4. The van der Waals surface area contributed by atoms with Crippen LogP contribution in [0.15, 0.2) is 97.1 Å². The van der Waals surface area contributed by atoms with Gasteiger partial charge in [-0.15, -0.1) is 0 Å². The molecule has 0 aliphatic heterocycles. The fraction of sp³-hybridized carbons (Fsp3) is 0.250. The number of hydrogen-bond acceptors (Lipinski definition) is 5. The molecular weight excluding hydrogens is 513 g/mol. The van der Waals surface area contributed by atoms with Gasteiger partial charge in [-0.25, -0.2) is 0 Å². The summed E-state index contributed by atoms with van der Waals surface area (Å²) in [7, 11) is 13.5. The van der Waals surface area contributed by atoms with Crippen LogP contribution < -0.4 is 40.3 Å². The van der Waals surface area contributed by atoms with E-state index in [-0.39, 0.29) is 0 Å². The summed E-state index contributed by atoms with van der Waals surface area (Å²) in [4.78, 5) is 8.82. The number of hydrogen-bond donors (Lipinski definition) is 0. The van der Waals surface area contributed by atoms with E-state index in [0.29, 0.717) is 0 Å². The van der Waals surface area contributed by atoms with Crippen molar-refractivity contribution in [3.05, 3.63) is 97.1 Å². The van der Waals surface area contributed by atoms with Crippen molar-refractivity contribution in [2.24, 2.45) is 0 Å². The van der Waals surface area contributed by atoms with Crippen LogP contribution in [0.5, 0.6) is 0 Å². The largest absolute Gasteiger partial charge is 0.442 e. The average Bonchev–Trinajstić information content (AvgIpc) is 2.93. The van der Waals surface area contributed by atoms with E-state index in [9.17, 15) is 0 Å². The van der Waals surface area contributed by atoms with Gasteiger partial charge in [0, 0.05) is 79.1 Å². The number of anilines is 4. The van der Waals surface area contributed by atoms with Gasteiger partial charge in [0.1, 0.15) is 0 Å². The van der Waals surface area contributed by atoms with E-state index >= 15 is 0 Å². The minimum absolute atomic E-state index is 1.20. The monoisotopic (exact) mass is 552 g/mol. The van der Waals surface area contributed by atoms with Crippen molar-refractivity contribution in [3.8, 4) is 0 Å². The molecule has 39 heavy (non-hydrogen) atoms. The molecule has 0 heterocycles. The molecule has 0 atom stereocenters. The van der Waals surface area contributed by atoms with Crippen molar-refractivity contribution < 1.29 is 4.12 Å². The lowest BCUT2D eigenvalue weighted by atomic mass is 10.3. The SMILES string of the molecule is CN(C)c1ccccc1[Si](O[Si](c1ccccc1N(C)C)c1ccccc1N(C)C)c1ccccc1N(C)C. The Labute approximate surface area is 238 Å². The Balaban J connectivity index is 2.01. The second kappa shape index (κ2) is 12.6. The highest BCUT2D eigenvalue weighted by Gasteiger charge is 2.34. The van der Waals surface area contributed by atoms with E-state index in [1.54, 1.807) is 0 Å². The van der Waals surface area contributed by atoms with E-state index in [4.69, 9.17) is 4.12 Å². The third-order valence-electron chi connectivity index (χ3n) is 6.73. The fourth-order valence-electron chi connectivity index (χ4n) is 4.83. The molecule has 4 aromatic rings. The van der Waals surface area contributed by atoms with Gasteiger partial charge < -0.3 is 23.7 Å². The highest BCUT2D eigenvalue weighted by atomic mass is 28.4. The van der Waals surface area contributed by atoms with Gasteiger partial charge >= 0.3 is 0 Å². The molecule has 0 fully saturated rings. The Morgan fingerprint density at radius 2 is 0.564 bits per heavy atom. The van der Waals surface area contributed by atoms with Crippen LogP contribution in [0.25, 0.3) is 0 Å². The molecule has 0 N–H and O–H groups in total. The van der Waals surface area contributed by atoms with Crippen LogP contribution >= 0.6 is 0 Å². The van der Waals surface area contributed by atoms with Crippen LogP contribution in [-0.2, 0) is 4.12 Å². The van der Waals surface area contributed by atoms with Crippen LogP contribution in [0, 0.1) is 0 Å². The van der Waals surface area contributed by atoms with Gasteiger partial charge in [-0.3, -0.25) is 0 Å². The van der Waals surface area contributed by atoms with Gasteiger partial charge in [0.15, 0.2) is 0 Å². The van der Waals surface area contributed by atoms with Gasteiger partial charge in [-0.2, -0.15) is 0 Å². The molecule has 0 aromatic heterocycles. The van der Waals surface area contributed by atoms with Gasteiger partial charge in [-0.1, -0.05) is 72.8 Å². The first-order chi connectivity index (χ1) is 18.7. The summed E-state index contributed by atoms with van der Waals surface area (Å²) in [5, 5.41) is 5.03. The van der Waals surface area contributed by atoms with E-state index in [2.05, 4.69) is 173 Å². The molecule has 0 saturated heterocycles. The van der Waals surface area contributed by atoms with E-state index in [1.165, 1.54) is 43.5 Å². The molecule has 0 spiro atoms. The second-order valence-electron chi connectivity index (χ2n) is 10.4. The van der Waals surface area contributed by atoms with E-state index in [1.807, 2.05) is 0 Å². The Morgan fingerprint density at radius 1 is 0.359 bits per heavy atom. The first kappa shape index (κ1) is 28.5. The molecule has 5 nitrogen and oxygen atoms in total. The van der Waals surface area contributed by atoms with Gasteiger partial charge in [0.05, 0.1) is 0 Å². The van der Waals surface area contributed by atoms with Gasteiger partial charge in [-0.05, 0) is 45.0 Å². The Morgan fingerprint density at radius 3 is 0.769 bits per heavy atom. The van der Waals surface area contributed by atoms with Gasteiger partial charge in [0.25, 0.3) is 18.1 Å². The smallest absolute Gasteiger partial charge is 0.276 e. The normalized spacial score (nSPS) is 11.1. The topological polar surface area (TPSA) is 22.2 Å².